The normalized spacial score (nSPS) is 10.1. The highest BCUT2D eigenvalue weighted by molar-refractivity contribution is 6.30. The maximum Gasteiger partial charge on any atom is 0.276 e. The van der Waals surface area contributed by atoms with Crippen LogP contribution in [0.1, 0.15) is 10.5 Å². The minimum Gasteiger partial charge on any atom is -0.321 e. The molecule has 1 N–H and O–H groups in total. The van der Waals surface area contributed by atoms with Crippen LogP contribution >= 0.6 is 11.6 Å². The van der Waals surface area contributed by atoms with Gasteiger partial charge < -0.3 is 5.32 Å². The van der Waals surface area contributed by atoms with E-state index in [1.165, 1.54) is 0 Å². The van der Waals surface area contributed by atoms with E-state index in [0.717, 1.165) is 0 Å². The topological polar surface area (TPSA) is 46.9 Å². The fraction of sp³-hybridized carbons (Fsp3) is 0.0909. The number of halogens is 1. The Morgan fingerprint density at radius 1 is 1.44 bits per heavy atom. The zero-order valence-corrected chi connectivity index (χ0v) is 9.40. The Hall–Kier alpha value is -1.81. The van der Waals surface area contributed by atoms with Crippen molar-refractivity contribution in [2.45, 2.75) is 0 Å². The van der Waals surface area contributed by atoms with Gasteiger partial charge in [-0.1, -0.05) is 17.7 Å². The van der Waals surface area contributed by atoms with Gasteiger partial charge >= 0.3 is 0 Å². The van der Waals surface area contributed by atoms with Crippen molar-refractivity contribution in [2.75, 3.05) is 5.32 Å². The molecule has 0 aliphatic heterocycles. The van der Waals surface area contributed by atoms with E-state index in [1.54, 1.807) is 48.3 Å². The van der Waals surface area contributed by atoms with Gasteiger partial charge in [0, 0.05) is 24.0 Å². The van der Waals surface area contributed by atoms with Crippen LogP contribution in [0.2, 0.25) is 5.02 Å². The summed E-state index contributed by atoms with van der Waals surface area (Å²) in [7, 11) is 1.76. The highest BCUT2D eigenvalue weighted by Gasteiger charge is 2.08. The number of benzene rings is 1. The van der Waals surface area contributed by atoms with Crippen molar-refractivity contribution >= 4 is 23.2 Å². The Labute approximate surface area is 97.8 Å². The molecule has 1 aromatic heterocycles. The first-order valence-corrected chi connectivity index (χ1v) is 5.09. The monoisotopic (exact) mass is 235 g/mol. The van der Waals surface area contributed by atoms with Gasteiger partial charge in [0.05, 0.1) is 0 Å². The van der Waals surface area contributed by atoms with Crippen LogP contribution in [0.4, 0.5) is 5.69 Å². The summed E-state index contributed by atoms with van der Waals surface area (Å²) in [5, 5.41) is 7.30. The van der Waals surface area contributed by atoms with E-state index in [2.05, 4.69) is 10.4 Å². The fourth-order valence-corrected chi connectivity index (χ4v) is 1.49. The molecular weight excluding hydrogens is 226 g/mol. The summed E-state index contributed by atoms with van der Waals surface area (Å²) >= 11 is 5.81. The molecule has 0 unspecified atom stereocenters. The lowest BCUT2D eigenvalue weighted by Crippen LogP contribution is -2.12. The molecule has 4 nitrogen and oxygen atoms in total. The molecule has 1 aromatic carbocycles. The van der Waals surface area contributed by atoms with Gasteiger partial charge in [0.2, 0.25) is 0 Å². The molecule has 0 spiro atoms. The molecule has 2 aromatic rings. The lowest BCUT2D eigenvalue weighted by Gasteiger charge is -2.02. The summed E-state index contributed by atoms with van der Waals surface area (Å²) < 4.78 is 1.58. The lowest BCUT2D eigenvalue weighted by atomic mass is 10.3. The Morgan fingerprint density at radius 3 is 2.88 bits per heavy atom. The number of aryl methyl sites for hydroxylation is 1. The third kappa shape index (κ3) is 2.41. The van der Waals surface area contributed by atoms with Crippen molar-refractivity contribution in [2.24, 2.45) is 7.05 Å². The number of aromatic nitrogens is 2. The minimum absolute atomic E-state index is 0.247. The molecule has 0 fully saturated rings. The van der Waals surface area contributed by atoms with Crippen LogP contribution in [0.3, 0.4) is 0 Å². The highest BCUT2D eigenvalue weighted by atomic mass is 35.5. The molecule has 0 saturated heterocycles. The van der Waals surface area contributed by atoms with Crippen LogP contribution in [-0.2, 0) is 7.05 Å². The molecule has 0 bridgehead atoms. The van der Waals surface area contributed by atoms with Gasteiger partial charge in [-0.15, -0.1) is 0 Å². The standard InChI is InChI=1S/C11H10ClN3O/c1-15-6-5-10(14-15)11(16)13-9-4-2-3-8(12)7-9/h2-7H,1H3,(H,13,16). The molecule has 0 aliphatic rings. The van der Waals surface area contributed by atoms with E-state index in [-0.39, 0.29) is 5.91 Å². The van der Waals surface area contributed by atoms with Gasteiger partial charge in [0.1, 0.15) is 0 Å². The Morgan fingerprint density at radius 2 is 2.25 bits per heavy atom. The van der Waals surface area contributed by atoms with Gasteiger partial charge in [0.25, 0.3) is 5.91 Å². The predicted molar refractivity (Wildman–Crippen MR) is 62.6 cm³/mol. The number of rotatable bonds is 2. The summed E-state index contributed by atoms with van der Waals surface area (Å²) in [6.45, 7) is 0. The number of hydrogen-bond acceptors (Lipinski definition) is 2. The number of anilines is 1. The summed E-state index contributed by atoms with van der Waals surface area (Å²) in [5.74, 6) is -0.247. The summed E-state index contributed by atoms with van der Waals surface area (Å²) in [6.07, 6.45) is 1.72. The van der Waals surface area contributed by atoms with E-state index >= 15 is 0 Å². The summed E-state index contributed by atoms with van der Waals surface area (Å²) in [6, 6.07) is 8.63. The zero-order valence-electron chi connectivity index (χ0n) is 8.64. The molecule has 0 atom stereocenters. The average molecular weight is 236 g/mol. The third-order valence-corrected chi connectivity index (χ3v) is 2.26. The van der Waals surface area contributed by atoms with Crippen LogP contribution in [0.25, 0.3) is 0 Å². The average Bonchev–Trinajstić information content (AvgIpc) is 2.65. The number of amides is 1. The number of nitrogens with zero attached hydrogens (tertiary/aromatic N) is 2. The molecule has 1 heterocycles. The second-order valence-corrected chi connectivity index (χ2v) is 3.78. The fourth-order valence-electron chi connectivity index (χ4n) is 1.30. The van der Waals surface area contributed by atoms with Crippen LogP contribution in [0.5, 0.6) is 0 Å². The first-order chi connectivity index (χ1) is 7.65. The Balaban J connectivity index is 2.13. The zero-order chi connectivity index (χ0) is 11.5. The van der Waals surface area contributed by atoms with Gasteiger partial charge in [-0.2, -0.15) is 5.10 Å². The number of carbonyl (C=O) groups is 1. The molecular formula is C11H10ClN3O. The van der Waals surface area contributed by atoms with Gasteiger partial charge in [0.15, 0.2) is 5.69 Å². The molecule has 16 heavy (non-hydrogen) atoms. The summed E-state index contributed by atoms with van der Waals surface area (Å²) in [5.41, 5.74) is 1.03. The minimum atomic E-state index is -0.247. The predicted octanol–water partition coefficient (Wildman–Crippen LogP) is 2.33. The van der Waals surface area contributed by atoms with E-state index in [1.807, 2.05) is 0 Å². The third-order valence-electron chi connectivity index (χ3n) is 2.03. The van der Waals surface area contributed by atoms with Crippen molar-refractivity contribution in [3.63, 3.8) is 0 Å². The maximum absolute atomic E-state index is 11.7. The van der Waals surface area contributed by atoms with Crippen molar-refractivity contribution in [3.8, 4) is 0 Å². The molecule has 2 rings (SSSR count). The highest BCUT2D eigenvalue weighted by Crippen LogP contribution is 2.15. The van der Waals surface area contributed by atoms with E-state index in [4.69, 9.17) is 11.6 Å². The Kier molecular flexibility index (Phi) is 2.92. The van der Waals surface area contributed by atoms with Gasteiger partial charge in [-0.05, 0) is 24.3 Å². The molecule has 5 heteroatoms. The largest absolute Gasteiger partial charge is 0.321 e. The quantitative estimate of drug-likeness (QED) is 0.869. The van der Waals surface area contributed by atoms with Crippen molar-refractivity contribution in [3.05, 3.63) is 47.2 Å². The van der Waals surface area contributed by atoms with E-state index < -0.39 is 0 Å². The van der Waals surface area contributed by atoms with E-state index in [9.17, 15) is 4.79 Å². The van der Waals surface area contributed by atoms with Crippen LogP contribution in [0, 0.1) is 0 Å². The van der Waals surface area contributed by atoms with Crippen molar-refractivity contribution in [1.82, 2.24) is 9.78 Å². The molecule has 0 radical (unpaired) electrons. The van der Waals surface area contributed by atoms with Crippen LogP contribution in [-0.4, -0.2) is 15.7 Å². The SMILES string of the molecule is Cn1ccc(C(=O)Nc2cccc(Cl)c2)n1. The van der Waals surface area contributed by atoms with E-state index in [0.29, 0.717) is 16.4 Å². The Bertz CT molecular complexity index is 521. The number of hydrogen-bond donors (Lipinski definition) is 1. The molecule has 1 amide bonds. The van der Waals surface area contributed by atoms with Gasteiger partial charge in [-0.25, -0.2) is 0 Å². The van der Waals surface area contributed by atoms with Crippen LogP contribution in [0.15, 0.2) is 36.5 Å². The molecule has 82 valence electrons. The van der Waals surface area contributed by atoms with Crippen LogP contribution < -0.4 is 5.32 Å². The van der Waals surface area contributed by atoms with Gasteiger partial charge in [-0.3, -0.25) is 9.48 Å². The van der Waals surface area contributed by atoms with Crippen molar-refractivity contribution < 1.29 is 4.79 Å². The first-order valence-electron chi connectivity index (χ1n) is 4.72. The second kappa shape index (κ2) is 4.37. The summed E-state index contributed by atoms with van der Waals surface area (Å²) in [4.78, 5) is 11.7. The van der Waals surface area contributed by atoms with Crippen molar-refractivity contribution in [1.29, 1.82) is 0 Å². The lowest BCUT2D eigenvalue weighted by molar-refractivity contribution is 0.102. The smallest absolute Gasteiger partial charge is 0.276 e. The molecule has 0 saturated carbocycles. The number of nitrogens with one attached hydrogen (secondary N) is 1. The second-order valence-electron chi connectivity index (χ2n) is 3.34. The molecule has 0 aliphatic carbocycles. The maximum atomic E-state index is 11.7. The number of carbonyl (C=O) groups excluding carboxylic acids is 1. The first kappa shape index (κ1) is 10.7.